The van der Waals surface area contributed by atoms with Crippen molar-refractivity contribution in [3.63, 3.8) is 0 Å². The van der Waals surface area contributed by atoms with Crippen LogP contribution in [-0.4, -0.2) is 17.8 Å². The lowest BCUT2D eigenvalue weighted by Gasteiger charge is -2.63. The quantitative estimate of drug-likeness (QED) is 0.563. The first-order valence-corrected chi connectivity index (χ1v) is 12.2. The second-order valence-corrected chi connectivity index (χ2v) is 11.5. The second kappa shape index (κ2) is 8.20. The molecule has 4 nitrogen and oxygen atoms in total. The average molecular weight is 441 g/mol. The summed E-state index contributed by atoms with van der Waals surface area (Å²) in [4.78, 5) is 12.7. The Morgan fingerprint density at radius 1 is 1.22 bits per heavy atom. The fourth-order valence-corrected chi connectivity index (χ4v) is 7.40. The van der Waals surface area contributed by atoms with Gasteiger partial charge in [-0.05, 0) is 94.8 Å². The van der Waals surface area contributed by atoms with Crippen LogP contribution in [0.1, 0.15) is 76.7 Å². The van der Waals surface area contributed by atoms with Gasteiger partial charge in [-0.25, -0.2) is 4.79 Å². The summed E-state index contributed by atoms with van der Waals surface area (Å²) in [7, 11) is 0. The van der Waals surface area contributed by atoms with Gasteiger partial charge in [0, 0.05) is 5.56 Å². The van der Waals surface area contributed by atoms with Crippen LogP contribution in [0.5, 0.6) is 5.75 Å². The van der Waals surface area contributed by atoms with Crippen LogP contribution in [0.4, 0.5) is 0 Å². The van der Waals surface area contributed by atoms with Crippen molar-refractivity contribution < 1.29 is 14.3 Å². The predicted octanol–water partition coefficient (Wildman–Crippen LogP) is 6.26. The molecule has 0 unspecified atom stereocenters. The van der Waals surface area contributed by atoms with Crippen LogP contribution in [0.25, 0.3) is 0 Å². The number of fused-ring (bicyclic) bond motifs is 3. The molecule has 3 fully saturated rings. The highest BCUT2D eigenvalue weighted by molar-refractivity contribution is 5.40. The standard InChI is InChI=1S/C28H40O4/c1-16(2)12-21-14-28(7)20(15-31-21)10-11-27(6)23(17(3)8-9-24(27)28)13-22-25(29)18(4)19(5)32-26(22)30/h12,20-21,23-24,29H,3,8-11,13-15H2,1-2,4-7H3/t20-,21+,23+,24+,27+,28+/m0/s1. The van der Waals surface area contributed by atoms with Crippen molar-refractivity contribution in [2.45, 2.75) is 86.2 Å². The molecule has 2 aliphatic carbocycles. The molecule has 32 heavy (non-hydrogen) atoms. The van der Waals surface area contributed by atoms with E-state index in [2.05, 4.69) is 40.3 Å². The van der Waals surface area contributed by atoms with Gasteiger partial charge < -0.3 is 14.3 Å². The Labute approximate surface area is 192 Å². The number of aromatic hydroxyl groups is 1. The van der Waals surface area contributed by atoms with Gasteiger partial charge in [-0.1, -0.05) is 37.6 Å². The Hall–Kier alpha value is -1.81. The molecule has 1 aliphatic heterocycles. The van der Waals surface area contributed by atoms with Crippen LogP contribution in [0, 0.1) is 42.4 Å². The van der Waals surface area contributed by atoms with Crippen molar-refractivity contribution in [3.8, 4) is 5.75 Å². The zero-order valence-corrected chi connectivity index (χ0v) is 20.7. The fraction of sp³-hybridized carbons (Fsp3) is 0.679. The molecule has 1 N–H and O–H groups in total. The van der Waals surface area contributed by atoms with Crippen LogP contribution in [0.15, 0.2) is 33.0 Å². The number of hydrogen-bond donors (Lipinski definition) is 1. The van der Waals surface area contributed by atoms with Crippen molar-refractivity contribution in [1.82, 2.24) is 0 Å². The third kappa shape index (κ3) is 3.69. The Bertz CT molecular complexity index is 997. The third-order valence-corrected chi connectivity index (χ3v) is 9.34. The van der Waals surface area contributed by atoms with E-state index in [1.165, 1.54) is 11.1 Å². The van der Waals surface area contributed by atoms with Crippen molar-refractivity contribution in [1.29, 1.82) is 0 Å². The maximum atomic E-state index is 12.7. The second-order valence-electron chi connectivity index (χ2n) is 11.5. The van der Waals surface area contributed by atoms with Crippen molar-refractivity contribution >= 4 is 0 Å². The Kier molecular flexibility index (Phi) is 5.98. The molecule has 2 heterocycles. The summed E-state index contributed by atoms with van der Waals surface area (Å²) in [5.41, 5.74) is 3.45. The molecular weight excluding hydrogens is 400 g/mol. The largest absolute Gasteiger partial charge is 0.507 e. The number of allylic oxidation sites excluding steroid dienone is 2. The van der Waals surface area contributed by atoms with E-state index >= 15 is 0 Å². The third-order valence-electron chi connectivity index (χ3n) is 9.34. The van der Waals surface area contributed by atoms with Crippen LogP contribution >= 0.6 is 0 Å². The summed E-state index contributed by atoms with van der Waals surface area (Å²) in [6, 6.07) is 0. The van der Waals surface area contributed by atoms with E-state index in [0.717, 1.165) is 38.7 Å². The summed E-state index contributed by atoms with van der Waals surface area (Å²) in [5.74, 6) is 1.88. The van der Waals surface area contributed by atoms with Crippen LogP contribution in [0.3, 0.4) is 0 Å². The fourth-order valence-electron chi connectivity index (χ4n) is 7.40. The van der Waals surface area contributed by atoms with E-state index < -0.39 is 5.63 Å². The maximum Gasteiger partial charge on any atom is 0.342 e. The Morgan fingerprint density at radius 2 is 1.94 bits per heavy atom. The van der Waals surface area contributed by atoms with E-state index in [-0.39, 0.29) is 28.6 Å². The molecule has 4 rings (SSSR count). The van der Waals surface area contributed by atoms with E-state index in [1.807, 2.05) is 6.92 Å². The van der Waals surface area contributed by atoms with Gasteiger partial charge in [0.1, 0.15) is 11.5 Å². The van der Waals surface area contributed by atoms with Gasteiger partial charge in [-0.2, -0.15) is 0 Å². The van der Waals surface area contributed by atoms with Crippen LogP contribution in [-0.2, 0) is 11.2 Å². The Balaban J connectivity index is 1.70. The number of ether oxygens (including phenoxy) is 1. The predicted molar refractivity (Wildman–Crippen MR) is 128 cm³/mol. The average Bonchev–Trinajstić information content (AvgIpc) is 2.70. The molecule has 4 heteroatoms. The normalized spacial score (nSPS) is 36.9. The highest BCUT2D eigenvalue weighted by atomic mass is 16.5. The van der Waals surface area contributed by atoms with Gasteiger partial charge in [-0.3, -0.25) is 0 Å². The SMILES string of the molecule is C=C1CC[C@@H]2[C@](C)(CC[C@H]3CO[C@H](C=C(C)C)C[C@]32C)[C@@H]1Cc1c(O)c(C)c(C)oc1=O. The van der Waals surface area contributed by atoms with Crippen LogP contribution in [0.2, 0.25) is 0 Å². The van der Waals surface area contributed by atoms with Gasteiger partial charge in [0.25, 0.3) is 0 Å². The molecule has 0 bridgehead atoms. The summed E-state index contributed by atoms with van der Waals surface area (Å²) in [6.07, 6.45) is 8.41. The van der Waals surface area contributed by atoms with E-state index in [0.29, 0.717) is 35.1 Å². The summed E-state index contributed by atoms with van der Waals surface area (Å²) in [5, 5.41) is 10.8. The monoisotopic (exact) mass is 440 g/mol. The molecule has 6 atom stereocenters. The van der Waals surface area contributed by atoms with Gasteiger partial charge in [-0.15, -0.1) is 0 Å². The molecule has 0 aromatic carbocycles. The first-order valence-electron chi connectivity index (χ1n) is 12.2. The molecule has 176 valence electrons. The number of rotatable bonds is 3. The molecule has 1 saturated heterocycles. The minimum atomic E-state index is -0.404. The molecule has 0 radical (unpaired) electrons. The minimum absolute atomic E-state index is 0.0467. The van der Waals surface area contributed by atoms with Gasteiger partial charge in [0.15, 0.2) is 0 Å². The lowest BCUT2D eigenvalue weighted by atomic mass is 9.43. The molecule has 0 amide bonds. The molecule has 1 aromatic heterocycles. The van der Waals surface area contributed by atoms with Crippen molar-refractivity contribution in [2.24, 2.45) is 28.6 Å². The zero-order chi connectivity index (χ0) is 23.4. The van der Waals surface area contributed by atoms with Gasteiger partial charge in [0.2, 0.25) is 0 Å². The van der Waals surface area contributed by atoms with Gasteiger partial charge in [0.05, 0.1) is 18.3 Å². The number of hydrogen-bond acceptors (Lipinski definition) is 4. The van der Waals surface area contributed by atoms with Crippen molar-refractivity contribution in [2.75, 3.05) is 6.61 Å². The summed E-state index contributed by atoms with van der Waals surface area (Å²) < 4.78 is 11.7. The summed E-state index contributed by atoms with van der Waals surface area (Å²) in [6.45, 7) is 18.0. The number of aryl methyl sites for hydroxylation is 1. The first kappa shape index (κ1) is 23.4. The van der Waals surface area contributed by atoms with E-state index in [9.17, 15) is 9.90 Å². The maximum absolute atomic E-state index is 12.7. The van der Waals surface area contributed by atoms with E-state index in [4.69, 9.17) is 9.15 Å². The Morgan fingerprint density at radius 3 is 2.62 bits per heavy atom. The lowest BCUT2D eigenvalue weighted by molar-refractivity contribution is -0.168. The molecular formula is C28H40O4. The smallest absolute Gasteiger partial charge is 0.342 e. The lowest BCUT2D eigenvalue weighted by Crippen LogP contribution is -2.58. The highest BCUT2D eigenvalue weighted by Gasteiger charge is 2.59. The van der Waals surface area contributed by atoms with E-state index in [1.54, 1.807) is 6.92 Å². The summed E-state index contributed by atoms with van der Waals surface area (Å²) >= 11 is 0. The first-order chi connectivity index (χ1) is 15.0. The van der Waals surface area contributed by atoms with Gasteiger partial charge >= 0.3 is 5.63 Å². The molecule has 1 aromatic rings. The molecule has 3 aliphatic rings. The molecule has 0 spiro atoms. The van der Waals surface area contributed by atoms with Crippen molar-refractivity contribution in [3.05, 3.63) is 51.1 Å². The molecule has 2 saturated carbocycles. The topological polar surface area (TPSA) is 59.7 Å². The highest BCUT2D eigenvalue weighted by Crippen LogP contribution is 2.65. The zero-order valence-electron chi connectivity index (χ0n) is 20.7. The minimum Gasteiger partial charge on any atom is -0.507 e. The van der Waals surface area contributed by atoms with Crippen LogP contribution < -0.4 is 5.63 Å².